The van der Waals surface area contributed by atoms with E-state index in [1.165, 1.54) is 29.5 Å². The standard InChI is InChI=1S/C26H36N4O2/c1-29(2)13-12-28-26(31)24-14-21(17-30(18-24)16-20-8-10-27-11-9-20)19-32-25-7-6-22-4-3-5-23(22)15-25/h6-11,15,21,24H,3-5,12-14,16-19H2,1-2H3,(H,28,31)/t21-,24+/m0/s1. The summed E-state index contributed by atoms with van der Waals surface area (Å²) in [4.78, 5) is 21.5. The van der Waals surface area contributed by atoms with Gasteiger partial charge >= 0.3 is 0 Å². The normalized spacial score (nSPS) is 20.8. The van der Waals surface area contributed by atoms with Crippen molar-refractivity contribution in [2.45, 2.75) is 32.2 Å². The van der Waals surface area contributed by atoms with Gasteiger partial charge in [0.25, 0.3) is 0 Å². The molecule has 1 aliphatic heterocycles. The number of amides is 1. The summed E-state index contributed by atoms with van der Waals surface area (Å²) in [6, 6.07) is 10.6. The fourth-order valence-electron chi connectivity index (χ4n) is 4.89. The average molecular weight is 437 g/mol. The highest BCUT2D eigenvalue weighted by Crippen LogP contribution is 2.28. The molecule has 0 spiro atoms. The Hall–Kier alpha value is -2.44. The lowest BCUT2D eigenvalue weighted by Crippen LogP contribution is -2.48. The molecule has 2 atom stereocenters. The predicted octanol–water partition coefficient (Wildman–Crippen LogP) is 2.77. The van der Waals surface area contributed by atoms with Crippen LogP contribution in [0.25, 0.3) is 0 Å². The minimum atomic E-state index is -0.0126. The van der Waals surface area contributed by atoms with Gasteiger partial charge in [-0.3, -0.25) is 14.7 Å². The summed E-state index contributed by atoms with van der Waals surface area (Å²) in [5.41, 5.74) is 4.13. The number of rotatable bonds is 9. The number of likely N-dealkylation sites (N-methyl/N-ethyl adjacent to an activating group) is 1. The van der Waals surface area contributed by atoms with Crippen LogP contribution in [0.3, 0.4) is 0 Å². The Labute approximate surface area is 192 Å². The topological polar surface area (TPSA) is 57.7 Å². The van der Waals surface area contributed by atoms with Crippen molar-refractivity contribution in [1.29, 1.82) is 0 Å². The van der Waals surface area contributed by atoms with Crippen LogP contribution in [0.15, 0.2) is 42.7 Å². The van der Waals surface area contributed by atoms with E-state index in [9.17, 15) is 4.79 Å². The molecule has 2 aliphatic rings. The van der Waals surface area contributed by atoms with Crippen LogP contribution in [-0.4, -0.2) is 67.6 Å². The van der Waals surface area contributed by atoms with Gasteiger partial charge in [0.15, 0.2) is 0 Å². The van der Waals surface area contributed by atoms with Crippen molar-refractivity contribution in [1.82, 2.24) is 20.1 Å². The van der Waals surface area contributed by atoms with Crippen molar-refractivity contribution < 1.29 is 9.53 Å². The molecule has 0 radical (unpaired) electrons. The molecule has 6 heteroatoms. The van der Waals surface area contributed by atoms with Crippen molar-refractivity contribution in [3.63, 3.8) is 0 Å². The van der Waals surface area contributed by atoms with Crippen LogP contribution in [0.1, 0.15) is 29.5 Å². The van der Waals surface area contributed by atoms with E-state index in [4.69, 9.17) is 4.74 Å². The largest absolute Gasteiger partial charge is 0.493 e. The third-order valence-corrected chi connectivity index (χ3v) is 6.55. The highest BCUT2D eigenvalue weighted by Gasteiger charge is 2.32. The van der Waals surface area contributed by atoms with Gasteiger partial charge in [-0.05, 0) is 80.7 Å². The number of carbonyl (C=O) groups excluding carboxylic acids is 1. The van der Waals surface area contributed by atoms with Crippen molar-refractivity contribution >= 4 is 5.91 Å². The molecule has 1 aromatic heterocycles. The number of benzene rings is 1. The first-order valence-corrected chi connectivity index (χ1v) is 11.8. The molecule has 0 unspecified atom stereocenters. The highest BCUT2D eigenvalue weighted by molar-refractivity contribution is 5.79. The van der Waals surface area contributed by atoms with Gasteiger partial charge in [-0.25, -0.2) is 0 Å². The molecule has 1 saturated heterocycles. The van der Waals surface area contributed by atoms with Gasteiger partial charge in [-0.2, -0.15) is 0 Å². The highest BCUT2D eigenvalue weighted by atomic mass is 16.5. The Morgan fingerprint density at radius 3 is 2.78 bits per heavy atom. The molecular formula is C26H36N4O2. The molecule has 0 saturated carbocycles. The fraction of sp³-hybridized carbons (Fsp3) is 0.538. The molecule has 1 amide bonds. The van der Waals surface area contributed by atoms with E-state index < -0.39 is 0 Å². The number of nitrogens with one attached hydrogen (secondary N) is 1. The zero-order valence-corrected chi connectivity index (χ0v) is 19.4. The Bertz CT molecular complexity index is 887. The summed E-state index contributed by atoms with van der Waals surface area (Å²) in [7, 11) is 4.05. The van der Waals surface area contributed by atoms with Gasteiger partial charge in [-0.15, -0.1) is 0 Å². The van der Waals surface area contributed by atoms with Crippen molar-refractivity contribution in [3.05, 3.63) is 59.4 Å². The predicted molar refractivity (Wildman–Crippen MR) is 127 cm³/mol. The minimum Gasteiger partial charge on any atom is -0.493 e. The molecular weight excluding hydrogens is 400 g/mol. The van der Waals surface area contributed by atoms with Gasteiger partial charge in [0, 0.05) is 51.0 Å². The van der Waals surface area contributed by atoms with E-state index in [0.29, 0.717) is 19.1 Å². The van der Waals surface area contributed by atoms with Gasteiger partial charge < -0.3 is 15.0 Å². The zero-order chi connectivity index (χ0) is 22.3. The van der Waals surface area contributed by atoms with Crippen LogP contribution in [-0.2, 0) is 24.2 Å². The Morgan fingerprint density at radius 1 is 1.16 bits per heavy atom. The second kappa shape index (κ2) is 10.9. The number of hydrogen-bond acceptors (Lipinski definition) is 5. The molecule has 32 heavy (non-hydrogen) atoms. The summed E-state index contributed by atoms with van der Waals surface area (Å²) in [5, 5.41) is 3.13. The van der Waals surface area contributed by atoms with Crippen molar-refractivity contribution in [2.75, 3.05) is 46.9 Å². The lowest BCUT2D eigenvalue weighted by atomic mass is 9.88. The van der Waals surface area contributed by atoms with E-state index in [1.54, 1.807) is 0 Å². The molecule has 172 valence electrons. The molecule has 1 N–H and O–H groups in total. The SMILES string of the molecule is CN(C)CCNC(=O)[C@@H]1C[C@H](COc2ccc3c(c2)CCC3)CN(Cc2ccncc2)C1. The van der Waals surface area contributed by atoms with Crippen LogP contribution in [0, 0.1) is 11.8 Å². The van der Waals surface area contributed by atoms with Gasteiger partial charge in [0.1, 0.15) is 5.75 Å². The number of carbonyl (C=O) groups is 1. The summed E-state index contributed by atoms with van der Waals surface area (Å²) in [6.07, 6.45) is 8.12. The van der Waals surface area contributed by atoms with Gasteiger partial charge in [0.05, 0.1) is 12.5 Å². The number of fused-ring (bicyclic) bond motifs is 1. The van der Waals surface area contributed by atoms with E-state index >= 15 is 0 Å². The van der Waals surface area contributed by atoms with Crippen molar-refractivity contribution in [2.24, 2.45) is 11.8 Å². The first-order chi connectivity index (χ1) is 15.6. The fourth-order valence-corrected chi connectivity index (χ4v) is 4.89. The zero-order valence-electron chi connectivity index (χ0n) is 19.4. The number of likely N-dealkylation sites (tertiary alicyclic amines) is 1. The summed E-state index contributed by atoms with van der Waals surface area (Å²) >= 11 is 0. The van der Waals surface area contributed by atoms with Crippen LogP contribution in [0.5, 0.6) is 5.75 Å². The maximum atomic E-state index is 12.9. The minimum absolute atomic E-state index is 0.0126. The molecule has 1 aromatic carbocycles. The van der Waals surface area contributed by atoms with E-state index in [0.717, 1.165) is 44.8 Å². The van der Waals surface area contributed by atoms with E-state index in [1.807, 2.05) is 26.5 Å². The lowest BCUT2D eigenvalue weighted by molar-refractivity contribution is -0.127. The molecule has 1 fully saturated rings. The van der Waals surface area contributed by atoms with Crippen LogP contribution in [0.2, 0.25) is 0 Å². The van der Waals surface area contributed by atoms with Gasteiger partial charge in [-0.1, -0.05) is 6.07 Å². The van der Waals surface area contributed by atoms with Crippen LogP contribution in [0.4, 0.5) is 0 Å². The number of hydrogen-bond donors (Lipinski definition) is 1. The Kier molecular flexibility index (Phi) is 7.76. The summed E-state index contributed by atoms with van der Waals surface area (Å²) < 4.78 is 6.23. The second-order valence-corrected chi connectivity index (χ2v) is 9.54. The van der Waals surface area contributed by atoms with Crippen molar-refractivity contribution in [3.8, 4) is 5.75 Å². The lowest BCUT2D eigenvalue weighted by Gasteiger charge is -2.37. The summed E-state index contributed by atoms with van der Waals surface area (Å²) in [6.45, 7) is 4.74. The maximum Gasteiger partial charge on any atom is 0.224 e. The monoisotopic (exact) mass is 436 g/mol. The molecule has 1 aliphatic carbocycles. The number of aryl methyl sites for hydroxylation is 2. The number of piperidine rings is 1. The quantitative estimate of drug-likeness (QED) is 0.655. The number of ether oxygens (including phenoxy) is 1. The molecule has 6 nitrogen and oxygen atoms in total. The van der Waals surface area contributed by atoms with Gasteiger partial charge in [0.2, 0.25) is 5.91 Å². The Morgan fingerprint density at radius 2 is 1.97 bits per heavy atom. The number of pyridine rings is 1. The maximum absolute atomic E-state index is 12.9. The summed E-state index contributed by atoms with van der Waals surface area (Å²) in [5.74, 6) is 1.43. The third-order valence-electron chi connectivity index (χ3n) is 6.55. The number of aromatic nitrogens is 1. The van der Waals surface area contributed by atoms with E-state index in [2.05, 4.69) is 50.4 Å². The molecule has 2 aromatic rings. The molecule has 2 heterocycles. The second-order valence-electron chi connectivity index (χ2n) is 9.54. The van der Waals surface area contributed by atoms with E-state index in [-0.39, 0.29) is 11.8 Å². The number of nitrogens with zero attached hydrogens (tertiary/aromatic N) is 3. The molecule has 0 bridgehead atoms. The smallest absolute Gasteiger partial charge is 0.224 e. The van der Waals surface area contributed by atoms with Crippen LogP contribution >= 0.6 is 0 Å². The average Bonchev–Trinajstić information content (AvgIpc) is 3.26. The first-order valence-electron chi connectivity index (χ1n) is 11.8. The third kappa shape index (κ3) is 6.30. The Balaban J connectivity index is 1.38. The van der Waals surface area contributed by atoms with Crippen LogP contribution < -0.4 is 10.1 Å². The first kappa shape index (κ1) is 22.7. The molecule has 4 rings (SSSR count).